The van der Waals surface area contributed by atoms with Gasteiger partial charge in [-0.1, -0.05) is 53.6 Å². The van der Waals surface area contributed by atoms with Crippen LogP contribution < -0.4 is 0 Å². The fraction of sp³-hybridized carbons (Fsp3) is 0.385. The third-order valence-electron chi connectivity index (χ3n) is 2.44. The van der Waals surface area contributed by atoms with Gasteiger partial charge >= 0.3 is 0 Å². The molecule has 0 aliphatic rings. The first kappa shape index (κ1) is 12.4. The van der Waals surface area contributed by atoms with Crippen LogP contribution in [0.15, 0.2) is 23.8 Å². The van der Waals surface area contributed by atoms with Crippen molar-refractivity contribution in [2.45, 2.75) is 20.8 Å². The van der Waals surface area contributed by atoms with Gasteiger partial charge in [-0.05, 0) is 30.0 Å². The second kappa shape index (κ2) is 5.45. The van der Waals surface area contributed by atoms with Gasteiger partial charge in [-0.3, -0.25) is 0 Å². The SMILES string of the molecule is Cc1ccc(/C=C(\CBr)C(C)C)cc1F. The summed E-state index contributed by atoms with van der Waals surface area (Å²) in [5.41, 5.74) is 2.90. The van der Waals surface area contributed by atoms with E-state index in [0.717, 1.165) is 10.9 Å². The second-order valence-corrected chi connectivity index (χ2v) is 4.58. The Morgan fingerprint density at radius 2 is 2.13 bits per heavy atom. The van der Waals surface area contributed by atoms with Gasteiger partial charge in [0.1, 0.15) is 5.82 Å². The van der Waals surface area contributed by atoms with Crippen LogP contribution in [-0.2, 0) is 0 Å². The Balaban J connectivity index is 3.01. The topological polar surface area (TPSA) is 0 Å². The molecule has 0 fully saturated rings. The van der Waals surface area contributed by atoms with Crippen LogP contribution >= 0.6 is 15.9 Å². The lowest BCUT2D eigenvalue weighted by atomic mass is 10.0. The van der Waals surface area contributed by atoms with E-state index in [0.29, 0.717) is 11.5 Å². The normalized spacial score (nSPS) is 12.3. The zero-order valence-corrected chi connectivity index (χ0v) is 10.9. The Labute approximate surface area is 99.3 Å². The maximum Gasteiger partial charge on any atom is 0.126 e. The van der Waals surface area contributed by atoms with Crippen molar-refractivity contribution in [1.82, 2.24) is 0 Å². The molecular formula is C13H16BrF. The highest BCUT2D eigenvalue weighted by atomic mass is 79.9. The highest BCUT2D eigenvalue weighted by Gasteiger charge is 2.03. The Morgan fingerprint density at radius 3 is 2.60 bits per heavy atom. The van der Waals surface area contributed by atoms with E-state index in [-0.39, 0.29) is 5.82 Å². The zero-order valence-electron chi connectivity index (χ0n) is 9.35. The smallest absolute Gasteiger partial charge is 0.126 e. The van der Waals surface area contributed by atoms with Crippen LogP contribution in [-0.4, -0.2) is 5.33 Å². The molecule has 0 atom stereocenters. The van der Waals surface area contributed by atoms with Crippen molar-refractivity contribution in [3.05, 3.63) is 40.7 Å². The first-order valence-corrected chi connectivity index (χ1v) is 6.19. The fourth-order valence-electron chi connectivity index (χ4n) is 1.27. The Morgan fingerprint density at radius 1 is 1.47 bits per heavy atom. The van der Waals surface area contributed by atoms with Crippen LogP contribution in [0.2, 0.25) is 0 Å². The third kappa shape index (κ3) is 3.45. The molecule has 0 aliphatic carbocycles. The monoisotopic (exact) mass is 270 g/mol. The highest BCUT2D eigenvalue weighted by molar-refractivity contribution is 9.09. The molecule has 0 unspecified atom stereocenters. The Kier molecular flexibility index (Phi) is 4.52. The van der Waals surface area contributed by atoms with Crippen molar-refractivity contribution in [3.63, 3.8) is 0 Å². The van der Waals surface area contributed by atoms with E-state index in [1.807, 2.05) is 18.2 Å². The van der Waals surface area contributed by atoms with E-state index >= 15 is 0 Å². The molecule has 0 spiro atoms. The number of hydrogen-bond donors (Lipinski definition) is 0. The van der Waals surface area contributed by atoms with Gasteiger partial charge in [0.2, 0.25) is 0 Å². The minimum absolute atomic E-state index is 0.138. The molecule has 0 heterocycles. The van der Waals surface area contributed by atoms with Crippen LogP contribution in [0.5, 0.6) is 0 Å². The highest BCUT2D eigenvalue weighted by Crippen LogP contribution is 2.18. The van der Waals surface area contributed by atoms with E-state index in [1.54, 1.807) is 13.0 Å². The number of benzene rings is 1. The number of allylic oxidation sites excluding steroid dienone is 1. The van der Waals surface area contributed by atoms with E-state index in [4.69, 9.17) is 0 Å². The molecule has 0 aromatic heterocycles. The molecule has 15 heavy (non-hydrogen) atoms. The van der Waals surface area contributed by atoms with Crippen LogP contribution in [0.1, 0.15) is 25.0 Å². The molecule has 82 valence electrons. The molecule has 0 saturated heterocycles. The Hall–Kier alpha value is -0.630. The summed E-state index contributed by atoms with van der Waals surface area (Å²) < 4.78 is 13.3. The maximum atomic E-state index is 13.3. The van der Waals surface area contributed by atoms with Crippen LogP contribution in [0, 0.1) is 18.7 Å². The molecule has 2 heteroatoms. The van der Waals surface area contributed by atoms with Crippen LogP contribution in [0.3, 0.4) is 0 Å². The van der Waals surface area contributed by atoms with Crippen LogP contribution in [0.4, 0.5) is 4.39 Å². The van der Waals surface area contributed by atoms with E-state index < -0.39 is 0 Å². The summed E-state index contributed by atoms with van der Waals surface area (Å²) in [6.07, 6.45) is 2.04. The van der Waals surface area contributed by atoms with Crippen LogP contribution in [0.25, 0.3) is 6.08 Å². The predicted molar refractivity (Wildman–Crippen MR) is 67.7 cm³/mol. The summed E-state index contributed by atoms with van der Waals surface area (Å²) in [5, 5.41) is 0.833. The Bertz CT molecular complexity index is 367. The quantitative estimate of drug-likeness (QED) is 0.706. The van der Waals surface area contributed by atoms with Gasteiger partial charge in [0.05, 0.1) is 0 Å². The molecule has 0 aliphatic heterocycles. The minimum atomic E-state index is -0.138. The van der Waals surface area contributed by atoms with Gasteiger partial charge in [-0.25, -0.2) is 4.39 Å². The lowest BCUT2D eigenvalue weighted by Gasteiger charge is -2.08. The number of aryl methyl sites for hydroxylation is 1. The molecule has 0 nitrogen and oxygen atoms in total. The van der Waals surface area contributed by atoms with Crippen molar-refractivity contribution < 1.29 is 4.39 Å². The molecule has 0 bridgehead atoms. The van der Waals surface area contributed by atoms with E-state index in [9.17, 15) is 4.39 Å². The number of hydrogen-bond acceptors (Lipinski definition) is 0. The van der Waals surface area contributed by atoms with Crippen molar-refractivity contribution in [3.8, 4) is 0 Å². The average molecular weight is 271 g/mol. The molecule has 0 N–H and O–H groups in total. The number of rotatable bonds is 3. The molecule has 0 amide bonds. The van der Waals surface area contributed by atoms with Gasteiger partial charge in [-0.15, -0.1) is 0 Å². The largest absolute Gasteiger partial charge is 0.207 e. The summed E-state index contributed by atoms with van der Waals surface area (Å²) >= 11 is 3.44. The van der Waals surface area contributed by atoms with E-state index in [2.05, 4.69) is 29.8 Å². The molecule has 1 aromatic carbocycles. The summed E-state index contributed by atoms with van der Waals surface area (Å²) in [6.45, 7) is 6.05. The van der Waals surface area contributed by atoms with Crippen molar-refractivity contribution in [2.75, 3.05) is 5.33 Å². The molecule has 1 aromatic rings. The van der Waals surface area contributed by atoms with Crippen molar-refractivity contribution >= 4 is 22.0 Å². The van der Waals surface area contributed by atoms with Gasteiger partial charge in [0.15, 0.2) is 0 Å². The zero-order chi connectivity index (χ0) is 11.4. The predicted octanol–water partition coefficient (Wildman–Crippen LogP) is 4.57. The van der Waals surface area contributed by atoms with E-state index in [1.165, 1.54) is 5.57 Å². The first-order chi connectivity index (χ1) is 7.04. The third-order valence-corrected chi connectivity index (χ3v) is 3.09. The standard InChI is InChI=1S/C13H16BrF/c1-9(2)12(8-14)6-11-5-4-10(3)13(15)7-11/h4-7,9H,8H2,1-3H3/b12-6+. The summed E-state index contributed by atoms with van der Waals surface area (Å²) in [4.78, 5) is 0. The summed E-state index contributed by atoms with van der Waals surface area (Å²) in [6, 6.07) is 5.34. The molecule has 1 rings (SSSR count). The lowest BCUT2D eigenvalue weighted by molar-refractivity contribution is 0.618. The first-order valence-electron chi connectivity index (χ1n) is 5.07. The molecule has 0 radical (unpaired) electrons. The minimum Gasteiger partial charge on any atom is -0.207 e. The van der Waals surface area contributed by atoms with Gasteiger partial charge in [0.25, 0.3) is 0 Å². The second-order valence-electron chi connectivity index (χ2n) is 4.02. The summed E-state index contributed by atoms with van der Waals surface area (Å²) in [7, 11) is 0. The van der Waals surface area contributed by atoms with Crippen molar-refractivity contribution in [1.29, 1.82) is 0 Å². The molecule has 0 saturated carbocycles. The number of alkyl halides is 1. The van der Waals surface area contributed by atoms with Gasteiger partial charge < -0.3 is 0 Å². The van der Waals surface area contributed by atoms with Gasteiger partial charge in [0, 0.05) is 5.33 Å². The summed E-state index contributed by atoms with van der Waals surface area (Å²) in [5.74, 6) is 0.343. The average Bonchev–Trinajstić information content (AvgIpc) is 2.19. The van der Waals surface area contributed by atoms with Gasteiger partial charge in [-0.2, -0.15) is 0 Å². The number of halogens is 2. The fourth-order valence-corrected chi connectivity index (χ4v) is 2.08. The molecular weight excluding hydrogens is 255 g/mol. The lowest BCUT2D eigenvalue weighted by Crippen LogP contribution is -1.95. The van der Waals surface area contributed by atoms with Crippen molar-refractivity contribution in [2.24, 2.45) is 5.92 Å². The maximum absolute atomic E-state index is 13.3.